The first-order chi connectivity index (χ1) is 12.7. The van der Waals surface area contributed by atoms with Crippen LogP contribution in [0.4, 0.5) is 5.95 Å². The lowest BCUT2D eigenvalue weighted by molar-refractivity contribution is -0.126. The molecule has 1 amide bonds. The zero-order valence-corrected chi connectivity index (χ0v) is 14.8. The number of ether oxygens (including phenoxy) is 1. The Kier molecular flexibility index (Phi) is 4.79. The first-order valence-electron chi connectivity index (χ1n) is 9.11. The molecular formula is C19H23N5O2. The van der Waals surface area contributed by atoms with Gasteiger partial charge in [0.15, 0.2) is 0 Å². The molecule has 0 aromatic carbocycles. The minimum Gasteiger partial charge on any atom is -0.370 e. The summed E-state index contributed by atoms with van der Waals surface area (Å²) < 4.78 is 6.01. The topological polar surface area (TPSA) is 80.2 Å². The van der Waals surface area contributed by atoms with Crippen molar-refractivity contribution >= 4 is 11.9 Å². The Morgan fingerprint density at radius 1 is 1.27 bits per heavy atom. The SMILES string of the molecule is CCc1cnc(N2C[C@@H]3C[C@@H](C(=O)NCc4cccnc4)[C@H](C2)O3)nc1. The molecule has 2 aliphatic heterocycles. The van der Waals surface area contributed by atoms with Crippen molar-refractivity contribution < 1.29 is 9.53 Å². The van der Waals surface area contributed by atoms with E-state index in [0.717, 1.165) is 36.5 Å². The number of hydrogen-bond donors (Lipinski definition) is 1. The van der Waals surface area contributed by atoms with E-state index >= 15 is 0 Å². The Morgan fingerprint density at radius 2 is 2.12 bits per heavy atom. The maximum atomic E-state index is 12.6. The molecule has 4 rings (SSSR count). The molecule has 7 heteroatoms. The van der Waals surface area contributed by atoms with Gasteiger partial charge in [-0.25, -0.2) is 9.97 Å². The van der Waals surface area contributed by atoms with Gasteiger partial charge in [0.1, 0.15) is 0 Å². The number of carbonyl (C=O) groups is 1. The van der Waals surface area contributed by atoms with Crippen LogP contribution in [0, 0.1) is 5.92 Å². The minimum atomic E-state index is -0.128. The number of morpholine rings is 1. The number of aryl methyl sites for hydroxylation is 1. The van der Waals surface area contributed by atoms with Crippen LogP contribution >= 0.6 is 0 Å². The van der Waals surface area contributed by atoms with Gasteiger partial charge in [-0.1, -0.05) is 13.0 Å². The predicted molar refractivity (Wildman–Crippen MR) is 96.5 cm³/mol. The molecule has 2 aromatic heterocycles. The molecule has 136 valence electrons. The lowest BCUT2D eigenvalue weighted by Gasteiger charge is -2.32. The predicted octanol–water partition coefficient (Wildman–Crippen LogP) is 1.34. The first-order valence-corrected chi connectivity index (χ1v) is 9.11. The number of rotatable bonds is 5. The number of nitrogens with one attached hydrogen (secondary N) is 1. The van der Waals surface area contributed by atoms with Gasteiger partial charge in [0, 0.05) is 44.4 Å². The summed E-state index contributed by atoms with van der Waals surface area (Å²) >= 11 is 0. The number of pyridine rings is 1. The second-order valence-corrected chi connectivity index (χ2v) is 6.87. The fourth-order valence-corrected chi connectivity index (χ4v) is 3.61. The quantitative estimate of drug-likeness (QED) is 0.874. The highest BCUT2D eigenvalue weighted by Crippen LogP contribution is 2.33. The summed E-state index contributed by atoms with van der Waals surface area (Å²) in [6, 6.07) is 3.82. The van der Waals surface area contributed by atoms with Crippen LogP contribution in [0.25, 0.3) is 0 Å². The van der Waals surface area contributed by atoms with Gasteiger partial charge in [0.2, 0.25) is 11.9 Å². The van der Waals surface area contributed by atoms with E-state index in [-0.39, 0.29) is 24.0 Å². The van der Waals surface area contributed by atoms with Crippen LogP contribution in [0.3, 0.4) is 0 Å². The fourth-order valence-electron chi connectivity index (χ4n) is 3.61. The normalized spacial score (nSPS) is 24.5. The van der Waals surface area contributed by atoms with Gasteiger partial charge in [0.25, 0.3) is 0 Å². The van der Waals surface area contributed by atoms with E-state index in [1.165, 1.54) is 0 Å². The Bertz CT molecular complexity index is 752. The van der Waals surface area contributed by atoms with Crippen LogP contribution in [0.1, 0.15) is 24.5 Å². The maximum Gasteiger partial charge on any atom is 0.226 e. The Morgan fingerprint density at radius 3 is 2.85 bits per heavy atom. The molecule has 4 heterocycles. The zero-order valence-electron chi connectivity index (χ0n) is 14.8. The fraction of sp³-hybridized carbons (Fsp3) is 0.474. The van der Waals surface area contributed by atoms with Crippen molar-refractivity contribution in [1.82, 2.24) is 20.3 Å². The van der Waals surface area contributed by atoms with Crippen molar-refractivity contribution in [3.63, 3.8) is 0 Å². The number of nitrogens with zero attached hydrogens (tertiary/aromatic N) is 4. The molecular weight excluding hydrogens is 330 g/mol. The van der Waals surface area contributed by atoms with Crippen LogP contribution in [0.5, 0.6) is 0 Å². The smallest absolute Gasteiger partial charge is 0.226 e. The van der Waals surface area contributed by atoms with Crippen molar-refractivity contribution in [2.75, 3.05) is 18.0 Å². The summed E-state index contributed by atoms with van der Waals surface area (Å²) in [7, 11) is 0. The van der Waals surface area contributed by atoms with E-state index in [1.807, 2.05) is 24.5 Å². The van der Waals surface area contributed by atoms with Crippen LogP contribution in [0.2, 0.25) is 0 Å². The summed E-state index contributed by atoms with van der Waals surface area (Å²) in [5.74, 6) is 0.638. The molecule has 2 fully saturated rings. The summed E-state index contributed by atoms with van der Waals surface area (Å²) in [5.41, 5.74) is 2.12. The molecule has 0 saturated carbocycles. The summed E-state index contributed by atoms with van der Waals surface area (Å²) in [6.07, 6.45) is 8.84. The van der Waals surface area contributed by atoms with E-state index in [0.29, 0.717) is 13.1 Å². The molecule has 0 spiro atoms. The summed E-state index contributed by atoms with van der Waals surface area (Å²) in [4.78, 5) is 27.8. The molecule has 0 radical (unpaired) electrons. The highest BCUT2D eigenvalue weighted by Gasteiger charge is 2.45. The third-order valence-electron chi connectivity index (χ3n) is 5.07. The van der Waals surface area contributed by atoms with E-state index in [9.17, 15) is 4.79 Å². The third-order valence-corrected chi connectivity index (χ3v) is 5.07. The molecule has 26 heavy (non-hydrogen) atoms. The Labute approximate surface area is 152 Å². The van der Waals surface area contributed by atoms with Crippen LogP contribution in [-0.4, -0.2) is 46.2 Å². The third kappa shape index (κ3) is 3.53. The van der Waals surface area contributed by atoms with Gasteiger partial charge in [-0.05, 0) is 30.0 Å². The lowest BCUT2D eigenvalue weighted by Crippen LogP contribution is -2.46. The molecule has 2 aliphatic rings. The standard InChI is InChI=1S/C19H23N5O2/c1-2-13-8-22-19(23-9-13)24-11-15-6-16(17(12-24)26-15)18(25)21-10-14-4-3-5-20-7-14/h3-5,7-9,15-17H,2,6,10-12H2,1H3,(H,21,25)/t15-,16+,17-/m0/s1. The number of aromatic nitrogens is 3. The highest BCUT2D eigenvalue weighted by molar-refractivity contribution is 5.79. The largest absolute Gasteiger partial charge is 0.370 e. The average Bonchev–Trinajstić information content (AvgIpc) is 3.00. The van der Waals surface area contributed by atoms with Crippen molar-refractivity contribution in [3.8, 4) is 0 Å². The van der Waals surface area contributed by atoms with Crippen molar-refractivity contribution in [1.29, 1.82) is 0 Å². The number of carbonyl (C=O) groups excluding carboxylic acids is 1. The van der Waals surface area contributed by atoms with Crippen molar-refractivity contribution in [2.45, 2.75) is 38.5 Å². The second kappa shape index (κ2) is 7.37. The highest BCUT2D eigenvalue weighted by atomic mass is 16.5. The molecule has 3 atom stereocenters. The zero-order chi connectivity index (χ0) is 17.9. The van der Waals surface area contributed by atoms with Crippen molar-refractivity contribution in [3.05, 3.63) is 48.0 Å². The van der Waals surface area contributed by atoms with E-state index in [1.54, 1.807) is 12.4 Å². The van der Waals surface area contributed by atoms with E-state index in [4.69, 9.17) is 4.74 Å². The Hall–Kier alpha value is -2.54. The van der Waals surface area contributed by atoms with Crippen LogP contribution < -0.4 is 10.2 Å². The van der Waals surface area contributed by atoms with Gasteiger partial charge < -0.3 is 15.0 Å². The monoisotopic (exact) mass is 353 g/mol. The van der Waals surface area contributed by atoms with Crippen LogP contribution in [0.15, 0.2) is 36.9 Å². The number of amides is 1. The van der Waals surface area contributed by atoms with Crippen LogP contribution in [-0.2, 0) is 22.5 Å². The Balaban J connectivity index is 1.38. The number of anilines is 1. The summed E-state index contributed by atoms with van der Waals surface area (Å²) in [6.45, 7) is 3.95. The molecule has 2 bridgehead atoms. The van der Waals surface area contributed by atoms with Crippen molar-refractivity contribution in [2.24, 2.45) is 5.92 Å². The average molecular weight is 353 g/mol. The maximum absolute atomic E-state index is 12.6. The van der Waals surface area contributed by atoms with E-state index in [2.05, 4.69) is 32.1 Å². The summed E-state index contributed by atoms with van der Waals surface area (Å²) in [5, 5.41) is 3.01. The number of fused-ring (bicyclic) bond motifs is 2. The minimum absolute atomic E-state index is 0.0467. The van der Waals surface area contributed by atoms with Gasteiger partial charge in [0.05, 0.1) is 18.1 Å². The molecule has 2 aromatic rings. The number of hydrogen-bond acceptors (Lipinski definition) is 6. The molecule has 1 N–H and O–H groups in total. The molecule has 0 unspecified atom stereocenters. The van der Waals surface area contributed by atoms with Gasteiger partial charge in [-0.2, -0.15) is 0 Å². The molecule has 2 saturated heterocycles. The molecule has 0 aliphatic carbocycles. The first kappa shape index (κ1) is 16.9. The lowest BCUT2D eigenvalue weighted by atomic mass is 9.99. The van der Waals surface area contributed by atoms with Gasteiger partial charge in [-0.3, -0.25) is 9.78 Å². The van der Waals surface area contributed by atoms with Gasteiger partial charge in [-0.15, -0.1) is 0 Å². The van der Waals surface area contributed by atoms with E-state index < -0.39 is 0 Å². The molecule has 7 nitrogen and oxygen atoms in total. The van der Waals surface area contributed by atoms with Gasteiger partial charge >= 0.3 is 0 Å². The second-order valence-electron chi connectivity index (χ2n) is 6.87.